The van der Waals surface area contributed by atoms with Crippen LogP contribution >= 0.6 is 0 Å². The second kappa shape index (κ2) is 6.44. The van der Waals surface area contributed by atoms with Crippen LogP contribution in [-0.2, 0) is 0 Å². The summed E-state index contributed by atoms with van der Waals surface area (Å²) in [6.07, 6.45) is 3.84. The normalized spacial score (nSPS) is 15.4. The van der Waals surface area contributed by atoms with Crippen LogP contribution in [0.4, 0.5) is 0 Å². The fraction of sp³-hybridized carbons (Fsp3) is 0.0952. The molecule has 0 saturated carbocycles. The van der Waals surface area contributed by atoms with E-state index in [-0.39, 0.29) is 11.5 Å². The molecule has 0 bridgehead atoms. The Kier molecular flexibility index (Phi) is 3.97. The fourth-order valence-corrected chi connectivity index (χ4v) is 3.61. The Balaban J connectivity index is 1.79. The number of rotatable bonds is 4. The number of carboxylic acid groups (broad SMARTS) is 1. The molecule has 1 aromatic heterocycles. The molecule has 2 aromatic carbocycles. The smallest absolute Gasteiger partial charge is 0.335 e. The SMILES string of the molecule is O=C(O)c1ccc2c(c1)-c1ccccc1C2C/C(=N\O)c1ccncc1. The first-order valence-electron chi connectivity index (χ1n) is 8.27. The van der Waals surface area contributed by atoms with Gasteiger partial charge in [-0.25, -0.2) is 4.79 Å². The van der Waals surface area contributed by atoms with E-state index < -0.39 is 5.97 Å². The number of fused-ring (bicyclic) bond motifs is 3. The van der Waals surface area contributed by atoms with Gasteiger partial charge in [-0.2, -0.15) is 0 Å². The van der Waals surface area contributed by atoms with E-state index in [1.165, 1.54) is 0 Å². The van der Waals surface area contributed by atoms with Gasteiger partial charge in [0.05, 0.1) is 11.3 Å². The van der Waals surface area contributed by atoms with Crippen molar-refractivity contribution in [2.75, 3.05) is 0 Å². The van der Waals surface area contributed by atoms with Crippen molar-refractivity contribution in [2.24, 2.45) is 5.16 Å². The lowest BCUT2D eigenvalue weighted by atomic mass is 9.89. The number of nitrogens with zero attached hydrogens (tertiary/aromatic N) is 2. The monoisotopic (exact) mass is 344 g/mol. The number of carbonyl (C=O) groups is 1. The molecule has 0 spiro atoms. The molecule has 0 fully saturated rings. The summed E-state index contributed by atoms with van der Waals surface area (Å²) in [7, 11) is 0. The zero-order valence-electron chi connectivity index (χ0n) is 13.8. The molecule has 3 aromatic rings. The van der Waals surface area contributed by atoms with Crippen LogP contribution in [0, 0.1) is 0 Å². The Morgan fingerprint density at radius 2 is 1.69 bits per heavy atom. The molecule has 1 unspecified atom stereocenters. The van der Waals surface area contributed by atoms with Gasteiger partial charge in [-0.1, -0.05) is 35.5 Å². The summed E-state index contributed by atoms with van der Waals surface area (Å²) in [6, 6.07) is 16.8. The third-order valence-corrected chi connectivity index (χ3v) is 4.83. The minimum Gasteiger partial charge on any atom is -0.478 e. The molecular weight excluding hydrogens is 328 g/mol. The van der Waals surface area contributed by atoms with Gasteiger partial charge in [0.25, 0.3) is 0 Å². The van der Waals surface area contributed by atoms with Crippen LogP contribution in [0.3, 0.4) is 0 Å². The van der Waals surface area contributed by atoms with Crippen LogP contribution in [0.1, 0.15) is 39.4 Å². The van der Waals surface area contributed by atoms with Crippen molar-refractivity contribution in [2.45, 2.75) is 12.3 Å². The maximum atomic E-state index is 11.3. The number of hydrogen-bond acceptors (Lipinski definition) is 4. The molecule has 1 aliphatic rings. The maximum Gasteiger partial charge on any atom is 0.335 e. The van der Waals surface area contributed by atoms with Gasteiger partial charge in [0, 0.05) is 30.3 Å². The standard InChI is InChI=1S/C21H16N2O3/c24-21(25)14-5-6-17-18(11-14)15-3-1-2-4-16(15)19(17)12-20(23-26)13-7-9-22-10-8-13/h1-11,19,26H,12H2,(H,24,25)/b23-20+. The van der Waals surface area contributed by atoms with Crippen LogP contribution in [-0.4, -0.2) is 27.0 Å². The first-order chi connectivity index (χ1) is 12.7. The second-order valence-electron chi connectivity index (χ2n) is 6.23. The molecule has 0 amide bonds. The van der Waals surface area contributed by atoms with Crippen molar-refractivity contribution in [1.29, 1.82) is 0 Å². The molecule has 4 rings (SSSR count). The van der Waals surface area contributed by atoms with Crippen LogP contribution in [0.15, 0.2) is 72.1 Å². The summed E-state index contributed by atoms with van der Waals surface area (Å²) in [5.41, 5.74) is 5.77. The number of oxime groups is 1. The Morgan fingerprint density at radius 1 is 0.962 bits per heavy atom. The molecule has 128 valence electrons. The van der Waals surface area contributed by atoms with Crippen molar-refractivity contribution in [1.82, 2.24) is 4.98 Å². The topological polar surface area (TPSA) is 82.8 Å². The van der Waals surface area contributed by atoms with E-state index >= 15 is 0 Å². The molecule has 1 heterocycles. The summed E-state index contributed by atoms with van der Waals surface area (Å²) in [4.78, 5) is 15.3. The Morgan fingerprint density at radius 3 is 2.42 bits per heavy atom. The zero-order valence-corrected chi connectivity index (χ0v) is 13.8. The molecular formula is C21H16N2O3. The van der Waals surface area contributed by atoms with Gasteiger partial charge >= 0.3 is 5.97 Å². The van der Waals surface area contributed by atoms with Crippen molar-refractivity contribution in [3.8, 4) is 11.1 Å². The third-order valence-electron chi connectivity index (χ3n) is 4.83. The van der Waals surface area contributed by atoms with Gasteiger partial charge in [0.15, 0.2) is 0 Å². The lowest BCUT2D eigenvalue weighted by Gasteiger charge is -2.15. The molecule has 0 radical (unpaired) electrons. The quantitative estimate of drug-likeness (QED) is 0.423. The van der Waals surface area contributed by atoms with Gasteiger partial charge in [-0.3, -0.25) is 4.98 Å². The lowest BCUT2D eigenvalue weighted by molar-refractivity contribution is 0.0697. The minimum absolute atomic E-state index is 0.00288. The van der Waals surface area contributed by atoms with E-state index in [9.17, 15) is 15.1 Å². The highest BCUT2D eigenvalue weighted by Gasteiger charge is 2.30. The zero-order chi connectivity index (χ0) is 18.1. The van der Waals surface area contributed by atoms with Gasteiger partial charge in [0.2, 0.25) is 0 Å². The number of pyridine rings is 1. The number of benzene rings is 2. The van der Waals surface area contributed by atoms with Crippen LogP contribution in [0.2, 0.25) is 0 Å². The summed E-state index contributed by atoms with van der Waals surface area (Å²) in [6.45, 7) is 0. The minimum atomic E-state index is -0.942. The third kappa shape index (κ3) is 2.63. The molecule has 1 aliphatic carbocycles. The van der Waals surface area contributed by atoms with Crippen molar-refractivity contribution in [3.05, 3.63) is 89.2 Å². The lowest BCUT2D eigenvalue weighted by Crippen LogP contribution is -2.08. The molecule has 0 saturated heterocycles. The van der Waals surface area contributed by atoms with Crippen molar-refractivity contribution >= 4 is 11.7 Å². The van der Waals surface area contributed by atoms with E-state index in [1.54, 1.807) is 24.5 Å². The number of hydrogen-bond donors (Lipinski definition) is 2. The van der Waals surface area contributed by atoms with E-state index in [4.69, 9.17) is 0 Å². The first kappa shape index (κ1) is 16.0. The summed E-state index contributed by atoms with van der Waals surface area (Å²) in [5, 5.41) is 22.4. The number of aromatic carboxylic acids is 1. The van der Waals surface area contributed by atoms with E-state index in [0.717, 1.165) is 27.8 Å². The molecule has 2 N–H and O–H groups in total. The predicted octanol–water partition coefficient (Wildman–Crippen LogP) is 4.16. The van der Waals surface area contributed by atoms with Crippen LogP contribution in [0.25, 0.3) is 11.1 Å². The van der Waals surface area contributed by atoms with Gasteiger partial charge < -0.3 is 10.3 Å². The summed E-state index contributed by atoms with van der Waals surface area (Å²) < 4.78 is 0. The Bertz CT molecular complexity index is 1010. The van der Waals surface area contributed by atoms with Gasteiger partial charge in [0.1, 0.15) is 0 Å². The van der Waals surface area contributed by atoms with Crippen LogP contribution in [0.5, 0.6) is 0 Å². The first-order valence-corrected chi connectivity index (χ1v) is 8.27. The Hall–Kier alpha value is -3.47. The molecule has 1 atom stereocenters. The molecule has 5 heteroatoms. The van der Waals surface area contributed by atoms with Crippen molar-refractivity contribution < 1.29 is 15.1 Å². The highest BCUT2D eigenvalue weighted by molar-refractivity contribution is 6.01. The van der Waals surface area contributed by atoms with E-state index in [2.05, 4.69) is 10.1 Å². The van der Waals surface area contributed by atoms with Crippen molar-refractivity contribution in [3.63, 3.8) is 0 Å². The molecule has 5 nitrogen and oxygen atoms in total. The summed E-state index contributed by atoms with van der Waals surface area (Å²) in [5.74, 6) is -0.939. The molecule has 0 aliphatic heterocycles. The average Bonchev–Trinajstić information content (AvgIpc) is 3.00. The van der Waals surface area contributed by atoms with E-state index in [1.807, 2.05) is 42.5 Å². The Labute approximate surface area is 150 Å². The maximum absolute atomic E-state index is 11.3. The highest BCUT2D eigenvalue weighted by atomic mass is 16.4. The van der Waals surface area contributed by atoms with Crippen LogP contribution < -0.4 is 0 Å². The number of aromatic nitrogens is 1. The number of carboxylic acids is 1. The predicted molar refractivity (Wildman–Crippen MR) is 97.9 cm³/mol. The van der Waals surface area contributed by atoms with Gasteiger partial charge in [-0.15, -0.1) is 0 Å². The largest absolute Gasteiger partial charge is 0.478 e. The second-order valence-corrected chi connectivity index (χ2v) is 6.23. The van der Waals surface area contributed by atoms with E-state index in [0.29, 0.717) is 12.1 Å². The molecule has 26 heavy (non-hydrogen) atoms. The van der Waals surface area contributed by atoms with Gasteiger partial charge in [-0.05, 0) is 46.5 Å². The fourth-order valence-electron chi connectivity index (χ4n) is 3.61. The highest BCUT2D eigenvalue weighted by Crippen LogP contribution is 2.47. The summed E-state index contributed by atoms with van der Waals surface area (Å²) >= 11 is 0. The average molecular weight is 344 g/mol.